The van der Waals surface area contributed by atoms with Crippen molar-refractivity contribution < 1.29 is 9.59 Å². The van der Waals surface area contributed by atoms with E-state index in [1.54, 1.807) is 29.2 Å². The van der Waals surface area contributed by atoms with E-state index in [2.05, 4.69) is 5.32 Å². The van der Waals surface area contributed by atoms with Gasteiger partial charge in [0.1, 0.15) is 5.41 Å². The van der Waals surface area contributed by atoms with Crippen molar-refractivity contribution in [2.75, 3.05) is 11.9 Å². The summed E-state index contributed by atoms with van der Waals surface area (Å²) in [5.74, 6) is -0.415. The molecule has 0 aromatic heterocycles. The molecule has 0 saturated heterocycles. The van der Waals surface area contributed by atoms with E-state index in [4.69, 9.17) is 5.26 Å². The Bertz CT molecular complexity index is 851. The molecule has 0 spiro atoms. The average Bonchev–Trinajstić information content (AvgIpc) is 3.48. The highest BCUT2D eigenvalue weighted by Crippen LogP contribution is 2.48. The molecule has 0 heterocycles. The van der Waals surface area contributed by atoms with E-state index < -0.39 is 5.41 Å². The van der Waals surface area contributed by atoms with E-state index >= 15 is 0 Å². The summed E-state index contributed by atoms with van der Waals surface area (Å²) in [6.45, 7) is 2.97. The van der Waals surface area contributed by atoms with Crippen molar-refractivity contribution in [2.24, 2.45) is 5.41 Å². The predicted molar refractivity (Wildman–Crippen MR) is 99.0 cm³/mol. The normalized spacial score (nSPS) is 14.2. The van der Waals surface area contributed by atoms with Crippen LogP contribution in [0, 0.1) is 16.7 Å². The quantitative estimate of drug-likeness (QED) is 0.815. The molecule has 1 aliphatic rings. The number of hydrogen-bond acceptors (Lipinski definition) is 3. The maximum Gasteiger partial charge on any atom is 0.240 e. The number of rotatable bonds is 6. The van der Waals surface area contributed by atoms with Crippen molar-refractivity contribution in [1.82, 2.24) is 4.90 Å². The largest absolute Gasteiger partial charge is 0.338 e. The highest BCUT2D eigenvalue weighted by Gasteiger charge is 2.57. The highest BCUT2D eigenvalue weighted by molar-refractivity contribution is 6.13. The third-order valence-electron chi connectivity index (χ3n) is 4.73. The Morgan fingerprint density at radius 2 is 1.88 bits per heavy atom. The van der Waals surface area contributed by atoms with Crippen LogP contribution in [0.25, 0.3) is 0 Å². The summed E-state index contributed by atoms with van der Waals surface area (Å²) in [5, 5.41) is 11.8. The molecule has 0 atom stereocenters. The lowest BCUT2D eigenvalue weighted by Crippen LogP contribution is -2.42. The van der Waals surface area contributed by atoms with E-state index in [0.29, 0.717) is 37.2 Å². The van der Waals surface area contributed by atoms with Crippen LogP contribution in [0.3, 0.4) is 0 Å². The number of hydrogen-bond donors (Lipinski definition) is 1. The molecule has 0 radical (unpaired) electrons. The molecule has 26 heavy (non-hydrogen) atoms. The van der Waals surface area contributed by atoms with Gasteiger partial charge in [-0.25, -0.2) is 0 Å². The predicted octanol–water partition coefficient (Wildman–Crippen LogP) is 3.33. The summed E-state index contributed by atoms with van der Waals surface area (Å²) < 4.78 is 0. The molecule has 132 valence electrons. The molecule has 2 aromatic carbocycles. The van der Waals surface area contributed by atoms with Crippen LogP contribution >= 0.6 is 0 Å². The fraction of sp³-hybridized carbons (Fsp3) is 0.286. The van der Waals surface area contributed by atoms with Crippen LogP contribution in [0.4, 0.5) is 5.69 Å². The Morgan fingerprint density at radius 3 is 2.50 bits per heavy atom. The van der Waals surface area contributed by atoms with Gasteiger partial charge in [-0.05, 0) is 43.5 Å². The number of carbonyl (C=O) groups is 2. The van der Waals surface area contributed by atoms with Crippen molar-refractivity contribution >= 4 is 17.5 Å². The molecule has 3 rings (SSSR count). The van der Waals surface area contributed by atoms with Gasteiger partial charge >= 0.3 is 0 Å². The first-order valence-corrected chi connectivity index (χ1v) is 8.74. The Morgan fingerprint density at radius 1 is 1.15 bits per heavy atom. The monoisotopic (exact) mass is 347 g/mol. The number of nitriles is 1. The molecule has 1 aliphatic carbocycles. The zero-order valence-electron chi connectivity index (χ0n) is 14.7. The molecule has 2 aromatic rings. The summed E-state index contributed by atoms with van der Waals surface area (Å²) in [4.78, 5) is 27.5. The second-order valence-corrected chi connectivity index (χ2v) is 6.53. The molecule has 1 saturated carbocycles. The second kappa shape index (κ2) is 7.40. The fourth-order valence-corrected chi connectivity index (χ4v) is 3.01. The van der Waals surface area contributed by atoms with Crippen molar-refractivity contribution in [3.8, 4) is 6.07 Å². The first kappa shape index (κ1) is 17.7. The molecular weight excluding hydrogens is 326 g/mol. The zero-order valence-corrected chi connectivity index (χ0v) is 14.7. The summed E-state index contributed by atoms with van der Waals surface area (Å²) in [7, 11) is 0. The number of carbonyl (C=O) groups excluding carboxylic acids is 2. The van der Waals surface area contributed by atoms with Gasteiger partial charge in [0, 0.05) is 18.8 Å². The summed E-state index contributed by atoms with van der Waals surface area (Å²) in [6, 6.07) is 18.5. The average molecular weight is 347 g/mol. The van der Waals surface area contributed by atoms with Crippen LogP contribution in [0.1, 0.15) is 30.9 Å². The van der Waals surface area contributed by atoms with E-state index in [1.165, 1.54) is 0 Å². The lowest BCUT2D eigenvalue weighted by molar-refractivity contribution is -0.142. The Balaban J connectivity index is 1.72. The van der Waals surface area contributed by atoms with Crippen LogP contribution in [-0.2, 0) is 16.1 Å². The molecule has 5 heteroatoms. The van der Waals surface area contributed by atoms with Crippen LogP contribution < -0.4 is 5.32 Å². The van der Waals surface area contributed by atoms with Crippen LogP contribution in [0.15, 0.2) is 54.6 Å². The Hall–Kier alpha value is -3.13. The standard InChI is InChI=1S/C21H21N3O2/c1-2-24(15-16-7-4-3-5-8-16)20(26)21(11-12-21)19(25)23-18-10-6-9-17(13-18)14-22/h3-10,13H,2,11-12,15H2,1H3,(H,23,25). The fourth-order valence-electron chi connectivity index (χ4n) is 3.01. The van der Waals surface area contributed by atoms with Gasteiger partial charge in [-0.2, -0.15) is 5.26 Å². The third kappa shape index (κ3) is 3.60. The molecule has 5 nitrogen and oxygen atoms in total. The minimum Gasteiger partial charge on any atom is -0.338 e. The topological polar surface area (TPSA) is 73.2 Å². The lowest BCUT2D eigenvalue weighted by Gasteiger charge is -2.26. The van der Waals surface area contributed by atoms with E-state index in [1.807, 2.05) is 43.3 Å². The van der Waals surface area contributed by atoms with Crippen molar-refractivity contribution in [3.63, 3.8) is 0 Å². The van der Waals surface area contributed by atoms with Gasteiger partial charge in [0.25, 0.3) is 0 Å². The number of amides is 2. The minimum atomic E-state index is -0.979. The minimum absolute atomic E-state index is 0.127. The van der Waals surface area contributed by atoms with E-state index in [0.717, 1.165) is 5.56 Å². The molecular formula is C21H21N3O2. The number of nitrogens with one attached hydrogen (secondary N) is 1. The first-order valence-electron chi connectivity index (χ1n) is 8.74. The second-order valence-electron chi connectivity index (χ2n) is 6.53. The molecule has 0 unspecified atom stereocenters. The maximum atomic E-state index is 13.0. The van der Waals surface area contributed by atoms with Gasteiger partial charge in [-0.3, -0.25) is 9.59 Å². The summed E-state index contributed by atoms with van der Waals surface area (Å²) in [6.07, 6.45) is 1.11. The van der Waals surface area contributed by atoms with Gasteiger partial charge in [0.05, 0.1) is 11.6 Å². The van der Waals surface area contributed by atoms with Crippen molar-refractivity contribution in [2.45, 2.75) is 26.3 Å². The van der Waals surface area contributed by atoms with Gasteiger partial charge in [0.2, 0.25) is 11.8 Å². The van der Waals surface area contributed by atoms with Gasteiger partial charge in [0.15, 0.2) is 0 Å². The number of nitrogens with zero attached hydrogens (tertiary/aromatic N) is 2. The molecule has 1 fully saturated rings. The molecule has 1 N–H and O–H groups in total. The molecule has 0 aliphatic heterocycles. The van der Waals surface area contributed by atoms with Crippen LogP contribution in [-0.4, -0.2) is 23.3 Å². The number of benzene rings is 2. The maximum absolute atomic E-state index is 13.0. The Kier molecular flexibility index (Phi) is 5.04. The molecule has 0 bridgehead atoms. The number of anilines is 1. The Labute approximate surface area is 153 Å². The van der Waals surface area contributed by atoms with E-state index in [-0.39, 0.29) is 11.8 Å². The smallest absolute Gasteiger partial charge is 0.240 e. The van der Waals surface area contributed by atoms with Crippen LogP contribution in [0.2, 0.25) is 0 Å². The zero-order chi connectivity index (χ0) is 18.6. The summed E-state index contributed by atoms with van der Waals surface area (Å²) in [5.41, 5.74) is 1.08. The molecule has 2 amide bonds. The highest BCUT2D eigenvalue weighted by atomic mass is 16.2. The lowest BCUT2D eigenvalue weighted by atomic mass is 10.0. The van der Waals surface area contributed by atoms with Gasteiger partial charge in [-0.15, -0.1) is 0 Å². The van der Waals surface area contributed by atoms with Crippen LogP contribution in [0.5, 0.6) is 0 Å². The van der Waals surface area contributed by atoms with Crippen molar-refractivity contribution in [1.29, 1.82) is 5.26 Å². The SMILES string of the molecule is CCN(Cc1ccccc1)C(=O)C1(C(=O)Nc2cccc(C#N)c2)CC1. The third-order valence-corrected chi connectivity index (χ3v) is 4.73. The van der Waals surface area contributed by atoms with Gasteiger partial charge in [-0.1, -0.05) is 36.4 Å². The van der Waals surface area contributed by atoms with Gasteiger partial charge < -0.3 is 10.2 Å². The van der Waals surface area contributed by atoms with Crippen molar-refractivity contribution in [3.05, 3.63) is 65.7 Å². The first-order chi connectivity index (χ1) is 12.6. The summed E-state index contributed by atoms with van der Waals surface area (Å²) >= 11 is 0. The van der Waals surface area contributed by atoms with E-state index in [9.17, 15) is 9.59 Å².